The molecule has 1 amide bonds. The van der Waals surface area contributed by atoms with Crippen LogP contribution in [0, 0.1) is 11.8 Å². The fourth-order valence-corrected chi connectivity index (χ4v) is 4.76. The molecule has 100 valence electrons. The van der Waals surface area contributed by atoms with Gasteiger partial charge in [-0.1, -0.05) is 36.4 Å². The molecule has 20 heavy (non-hydrogen) atoms. The van der Waals surface area contributed by atoms with E-state index in [0.717, 1.165) is 0 Å². The van der Waals surface area contributed by atoms with Gasteiger partial charge in [0, 0.05) is 6.04 Å². The van der Waals surface area contributed by atoms with E-state index >= 15 is 0 Å². The van der Waals surface area contributed by atoms with Crippen LogP contribution in [-0.2, 0) is 4.74 Å². The van der Waals surface area contributed by atoms with Crippen molar-refractivity contribution >= 4 is 16.9 Å². The first-order valence-corrected chi connectivity index (χ1v) is 7.17. The van der Waals surface area contributed by atoms with E-state index in [9.17, 15) is 4.79 Å². The van der Waals surface area contributed by atoms with Crippen molar-refractivity contribution in [2.45, 2.75) is 17.9 Å². The molecule has 1 N–H and O–H groups in total. The van der Waals surface area contributed by atoms with Gasteiger partial charge in [0.25, 0.3) is 0 Å². The van der Waals surface area contributed by atoms with E-state index in [4.69, 9.17) is 4.74 Å². The summed E-state index contributed by atoms with van der Waals surface area (Å²) >= 11 is 0. The van der Waals surface area contributed by atoms with Crippen molar-refractivity contribution in [2.75, 3.05) is 7.11 Å². The number of fused-ring (bicyclic) bond motifs is 6. The molecule has 3 aliphatic rings. The first-order chi connectivity index (χ1) is 9.81. The molecule has 5 rings (SSSR count). The Kier molecular flexibility index (Phi) is 1.79. The fourth-order valence-electron chi connectivity index (χ4n) is 4.76. The van der Waals surface area contributed by atoms with E-state index in [-0.39, 0.29) is 6.09 Å². The van der Waals surface area contributed by atoms with Crippen LogP contribution in [0.4, 0.5) is 4.79 Å². The summed E-state index contributed by atoms with van der Waals surface area (Å²) in [7, 11) is 1.43. The Hall–Kier alpha value is -2.03. The average molecular weight is 265 g/mol. The molecule has 0 aromatic heterocycles. The number of rotatable bonds is 1. The molecule has 0 bridgehead atoms. The Morgan fingerprint density at radius 2 is 1.65 bits per heavy atom. The summed E-state index contributed by atoms with van der Waals surface area (Å²) in [6.45, 7) is 0. The van der Waals surface area contributed by atoms with Gasteiger partial charge in [0.05, 0.1) is 7.11 Å². The van der Waals surface area contributed by atoms with Gasteiger partial charge in [0.2, 0.25) is 0 Å². The average Bonchev–Trinajstić information content (AvgIpc) is 2.95. The highest BCUT2D eigenvalue weighted by Crippen LogP contribution is 2.75. The predicted molar refractivity (Wildman–Crippen MR) is 75.7 cm³/mol. The zero-order valence-corrected chi connectivity index (χ0v) is 11.2. The minimum atomic E-state index is -0.297. The van der Waals surface area contributed by atoms with Gasteiger partial charge in [-0.2, -0.15) is 0 Å². The number of carbonyl (C=O) groups excluding carboxylic acids is 1. The lowest BCUT2D eigenvalue weighted by atomic mass is 9.72. The Labute approximate surface area is 116 Å². The molecule has 2 aromatic carbocycles. The van der Waals surface area contributed by atoms with Crippen molar-refractivity contribution in [1.29, 1.82) is 0 Å². The number of hydrogen-bond acceptors (Lipinski definition) is 2. The Morgan fingerprint density at radius 3 is 2.20 bits per heavy atom. The zero-order chi connectivity index (χ0) is 13.4. The molecule has 0 spiro atoms. The molecule has 3 aliphatic carbocycles. The number of carbonyl (C=O) groups is 1. The van der Waals surface area contributed by atoms with Crippen molar-refractivity contribution in [1.82, 2.24) is 5.32 Å². The smallest absolute Gasteiger partial charge is 0.407 e. The second kappa shape index (κ2) is 3.35. The SMILES string of the molecule is COC(=O)NC1[C@H]2C3c4cccc5cccc(c45)C3[C@@H]12. The topological polar surface area (TPSA) is 38.3 Å². The maximum atomic E-state index is 11.4. The molecule has 3 heteroatoms. The standard InChI is InChI=1S/C17H15NO2/c1-20-17(19)18-16-14-12-9-6-2-4-8-5-3-7-10(11(8)9)13(12)15(14)16/h2-7,12-16H,1H3,(H,18,19)/t12?,13?,14-,15+,16?. The minimum Gasteiger partial charge on any atom is -0.453 e. The largest absolute Gasteiger partial charge is 0.453 e. The first kappa shape index (κ1) is 10.7. The molecule has 0 radical (unpaired) electrons. The van der Waals surface area contributed by atoms with E-state index in [2.05, 4.69) is 41.7 Å². The van der Waals surface area contributed by atoms with Crippen LogP contribution in [0.5, 0.6) is 0 Å². The fraction of sp³-hybridized carbons (Fsp3) is 0.353. The molecule has 3 unspecified atom stereocenters. The summed E-state index contributed by atoms with van der Waals surface area (Å²) < 4.78 is 4.72. The van der Waals surface area contributed by atoms with Crippen molar-refractivity contribution in [3.05, 3.63) is 47.5 Å². The van der Waals surface area contributed by atoms with Gasteiger partial charge in [-0.3, -0.25) is 0 Å². The quantitative estimate of drug-likeness (QED) is 0.860. The van der Waals surface area contributed by atoms with E-state index in [1.165, 1.54) is 29.0 Å². The van der Waals surface area contributed by atoms with Crippen LogP contribution in [0.15, 0.2) is 36.4 Å². The number of ether oxygens (including phenoxy) is 1. The van der Waals surface area contributed by atoms with Gasteiger partial charge < -0.3 is 10.1 Å². The summed E-state index contributed by atoms with van der Waals surface area (Å²) in [6.07, 6.45) is -0.297. The van der Waals surface area contributed by atoms with Crippen molar-refractivity contribution in [3.63, 3.8) is 0 Å². The molecule has 5 atom stereocenters. The summed E-state index contributed by atoms with van der Waals surface area (Å²) in [4.78, 5) is 11.4. The van der Waals surface area contributed by atoms with Gasteiger partial charge in [-0.15, -0.1) is 0 Å². The lowest BCUT2D eigenvalue weighted by molar-refractivity contribution is 0.170. The Bertz CT molecular complexity index is 703. The van der Waals surface area contributed by atoms with Gasteiger partial charge in [-0.05, 0) is 45.6 Å². The molecular weight excluding hydrogens is 250 g/mol. The highest BCUT2D eigenvalue weighted by molar-refractivity contribution is 5.93. The lowest BCUT2D eigenvalue weighted by Gasteiger charge is -2.30. The van der Waals surface area contributed by atoms with Crippen LogP contribution in [-0.4, -0.2) is 19.2 Å². The van der Waals surface area contributed by atoms with E-state index < -0.39 is 0 Å². The van der Waals surface area contributed by atoms with Crippen molar-refractivity contribution < 1.29 is 9.53 Å². The molecule has 3 nitrogen and oxygen atoms in total. The number of alkyl carbamates (subject to hydrolysis) is 1. The summed E-state index contributed by atoms with van der Waals surface area (Å²) in [6, 6.07) is 13.5. The zero-order valence-electron chi connectivity index (χ0n) is 11.2. The Balaban J connectivity index is 1.56. The number of hydrogen-bond donors (Lipinski definition) is 1. The first-order valence-electron chi connectivity index (χ1n) is 7.17. The van der Waals surface area contributed by atoms with Gasteiger partial charge in [0.1, 0.15) is 0 Å². The van der Waals surface area contributed by atoms with Crippen LogP contribution >= 0.6 is 0 Å². The van der Waals surface area contributed by atoms with E-state index in [1.807, 2.05) is 0 Å². The highest BCUT2D eigenvalue weighted by Gasteiger charge is 2.72. The lowest BCUT2D eigenvalue weighted by Crippen LogP contribution is -2.26. The summed E-state index contributed by atoms with van der Waals surface area (Å²) in [5, 5.41) is 5.82. The predicted octanol–water partition coefficient (Wildman–Crippen LogP) is 3.00. The maximum absolute atomic E-state index is 11.4. The van der Waals surface area contributed by atoms with Crippen molar-refractivity contribution in [3.8, 4) is 0 Å². The molecule has 2 fully saturated rings. The number of nitrogens with one attached hydrogen (secondary N) is 1. The third-order valence-corrected chi connectivity index (χ3v) is 5.51. The van der Waals surface area contributed by atoms with Gasteiger partial charge in [-0.25, -0.2) is 4.79 Å². The molecule has 2 saturated carbocycles. The van der Waals surface area contributed by atoms with Gasteiger partial charge >= 0.3 is 6.09 Å². The summed E-state index contributed by atoms with van der Waals surface area (Å²) in [5.41, 5.74) is 2.97. The molecule has 0 aliphatic heterocycles. The van der Waals surface area contributed by atoms with E-state index in [1.54, 1.807) is 0 Å². The van der Waals surface area contributed by atoms with Crippen LogP contribution in [0.2, 0.25) is 0 Å². The van der Waals surface area contributed by atoms with Crippen molar-refractivity contribution in [2.24, 2.45) is 11.8 Å². The second-order valence-corrected chi connectivity index (χ2v) is 6.16. The number of methoxy groups -OCH3 is 1. The molecule has 0 saturated heterocycles. The normalized spacial score (nSPS) is 35.0. The minimum absolute atomic E-state index is 0.297. The molecule has 0 heterocycles. The maximum Gasteiger partial charge on any atom is 0.407 e. The summed E-state index contributed by atoms with van der Waals surface area (Å²) in [5.74, 6) is 2.42. The second-order valence-electron chi connectivity index (χ2n) is 6.16. The number of amides is 1. The van der Waals surface area contributed by atoms with E-state index in [0.29, 0.717) is 29.7 Å². The van der Waals surface area contributed by atoms with Crippen LogP contribution in [0.3, 0.4) is 0 Å². The monoisotopic (exact) mass is 265 g/mol. The number of benzene rings is 2. The highest BCUT2D eigenvalue weighted by atomic mass is 16.5. The third kappa shape index (κ3) is 1.06. The van der Waals surface area contributed by atoms with Crippen LogP contribution in [0.1, 0.15) is 23.0 Å². The van der Waals surface area contributed by atoms with Crippen LogP contribution < -0.4 is 5.32 Å². The Morgan fingerprint density at radius 1 is 1.05 bits per heavy atom. The van der Waals surface area contributed by atoms with Crippen LogP contribution in [0.25, 0.3) is 10.8 Å². The molecular formula is C17H15NO2. The third-order valence-electron chi connectivity index (χ3n) is 5.51. The van der Waals surface area contributed by atoms with Gasteiger partial charge in [0.15, 0.2) is 0 Å². The molecule has 2 aromatic rings.